The normalized spacial score (nSPS) is 21.3. The highest BCUT2D eigenvalue weighted by Gasteiger charge is 2.64. The molecule has 0 unspecified atom stereocenters. The van der Waals surface area contributed by atoms with E-state index < -0.39 is 11.3 Å². The van der Waals surface area contributed by atoms with Gasteiger partial charge in [0.2, 0.25) is 0 Å². The lowest BCUT2D eigenvalue weighted by molar-refractivity contribution is -0.100. The zero-order valence-electron chi connectivity index (χ0n) is 21.1. The fourth-order valence-electron chi connectivity index (χ4n) is 2.91. The SMILES string of the molecule is CC(C)(C)C(C)(C)C.CC(C)(C)C1(C(C)(F)F)CC1.CC(C)(C)C1(C)CC1. The van der Waals surface area contributed by atoms with Crippen LogP contribution < -0.4 is 0 Å². The molecule has 2 heteroatoms. The van der Waals surface area contributed by atoms with Gasteiger partial charge in [-0.25, -0.2) is 8.78 Å². The summed E-state index contributed by atoms with van der Waals surface area (Å²) in [6, 6.07) is 0. The summed E-state index contributed by atoms with van der Waals surface area (Å²) in [6.07, 6.45) is 4.24. The van der Waals surface area contributed by atoms with Crippen molar-refractivity contribution in [2.75, 3.05) is 0 Å². The van der Waals surface area contributed by atoms with Crippen molar-refractivity contribution in [1.29, 1.82) is 0 Å². The van der Waals surface area contributed by atoms with Gasteiger partial charge >= 0.3 is 0 Å². The average Bonchev–Trinajstić information content (AvgIpc) is 3.16. The van der Waals surface area contributed by atoms with Crippen LogP contribution in [0.25, 0.3) is 0 Å². The van der Waals surface area contributed by atoms with Gasteiger partial charge in [0.15, 0.2) is 0 Å². The maximum Gasteiger partial charge on any atom is 0.251 e. The molecular weight excluding hydrogens is 338 g/mol. The Labute approximate surface area is 170 Å². The predicted octanol–water partition coefficient (Wildman–Crippen LogP) is 9.38. The van der Waals surface area contributed by atoms with E-state index in [9.17, 15) is 8.78 Å². The van der Waals surface area contributed by atoms with E-state index in [2.05, 4.69) is 69.2 Å². The number of hydrogen-bond acceptors (Lipinski definition) is 0. The van der Waals surface area contributed by atoms with E-state index in [1.165, 1.54) is 12.8 Å². The van der Waals surface area contributed by atoms with E-state index in [4.69, 9.17) is 0 Å². The zero-order valence-corrected chi connectivity index (χ0v) is 21.1. The lowest BCUT2D eigenvalue weighted by Gasteiger charge is -2.35. The minimum atomic E-state index is -2.51. The standard InChI is InChI=1S/C9H16F2.C8H16.C8H18/c1-7(2,3)9(5-6-9)8(4,10)11;1-7(2,3)8(4)5-6-8;1-7(2,3)8(4,5)6/h5-6H2,1-4H3;5-6H2,1-4H3;1-6H3. The van der Waals surface area contributed by atoms with Gasteiger partial charge in [-0.15, -0.1) is 0 Å². The Hall–Kier alpha value is -0.140. The van der Waals surface area contributed by atoms with Crippen molar-refractivity contribution in [3.05, 3.63) is 0 Å². The molecule has 2 saturated carbocycles. The third kappa shape index (κ3) is 7.00. The summed E-state index contributed by atoms with van der Waals surface area (Å²) in [5, 5.41) is 0. The van der Waals surface area contributed by atoms with Crippen molar-refractivity contribution >= 4 is 0 Å². The van der Waals surface area contributed by atoms with Gasteiger partial charge in [0.1, 0.15) is 0 Å². The van der Waals surface area contributed by atoms with Gasteiger partial charge in [-0.2, -0.15) is 0 Å². The van der Waals surface area contributed by atoms with Gasteiger partial charge in [-0.05, 0) is 59.7 Å². The van der Waals surface area contributed by atoms with Crippen LogP contribution in [0.5, 0.6) is 0 Å². The molecule has 0 aliphatic heterocycles. The second-order valence-electron chi connectivity index (χ2n) is 13.5. The third-order valence-corrected chi connectivity index (χ3v) is 8.09. The molecule has 27 heavy (non-hydrogen) atoms. The van der Waals surface area contributed by atoms with E-state index in [0.717, 1.165) is 6.92 Å². The maximum absolute atomic E-state index is 13.1. The Bertz CT molecular complexity index is 410. The fraction of sp³-hybridized carbons (Fsp3) is 1.00. The first-order chi connectivity index (χ1) is 11.4. The predicted molar refractivity (Wildman–Crippen MR) is 117 cm³/mol. The molecule has 2 aliphatic rings. The monoisotopic (exact) mass is 388 g/mol. The molecule has 0 nitrogen and oxygen atoms in total. The molecule has 2 rings (SSSR count). The zero-order chi connectivity index (χ0) is 22.3. The van der Waals surface area contributed by atoms with Crippen molar-refractivity contribution < 1.29 is 8.78 Å². The van der Waals surface area contributed by atoms with Crippen LogP contribution in [-0.2, 0) is 0 Å². The highest BCUT2D eigenvalue weighted by molar-refractivity contribution is 5.08. The highest BCUT2D eigenvalue weighted by atomic mass is 19.3. The Kier molecular flexibility index (Phi) is 7.56. The van der Waals surface area contributed by atoms with Gasteiger partial charge in [-0.3, -0.25) is 0 Å². The molecule has 0 radical (unpaired) electrons. The van der Waals surface area contributed by atoms with E-state index in [1.807, 2.05) is 20.8 Å². The molecule has 0 bridgehead atoms. The van der Waals surface area contributed by atoms with Gasteiger partial charge in [0, 0.05) is 5.41 Å². The van der Waals surface area contributed by atoms with E-state index >= 15 is 0 Å². The van der Waals surface area contributed by atoms with E-state index in [-0.39, 0.29) is 5.41 Å². The average molecular weight is 389 g/mol. The Morgan fingerprint density at radius 2 is 0.815 bits per heavy atom. The molecule has 0 aromatic rings. The summed E-state index contributed by atoms with van der Waals surface area (Å²) in [4.78, 5) is 0. The Morgan fingerprint density at radius 3 is 0.815 bits per heavy atom. The smallest absolute Gasteiger partial charge is 0.207 e. The van der Waals surface area contributed by atoms with Crippen LogP contribution in [0.2, 0.25) is 0 Å². The Balaban J connectivity index is 0.000000384. The van der Waals surface area contributed by atoms with Crippen LogP contribution >= 0.6 is 0 Å². The summed E-state index contributed by atoms with van der Waals surface area (Å²) in [6.45, 7) is 29.8. The molecule has 0 aromatic carbocycles. The molecule has 2 fully saturated rings. The molecule has 0 N–H and O–H groups in total. The van der Waals surface area contributed by atoms with Gasteiger partial charge < -0.3 is 0 Å². The summed E-state index contributed by atoms with van der Waals surface area (Å²) >= 11 is 0. The summed E-state index contributed by atoms with van der Waals surface area (Å²) in [5.74, 6) is -2.51. The molecule has 0 atom stereocenters. The number of halogens is 2. The minimum Gasteiger partial charge on any atom is -0.207 e. The fourth-order valence-corrected chi connectivity index (χ4v) is 2.91. The molecule has 0 amide bonds. The molecule has 0 saturated heterocycles. The van der Waals surface area contributed by atoms with Crippen molar-refractivity contribution in [3.8, 4) is 0 Å². The lowest BCUT2D eigenvalue weighted by Crippen LogP contribution is -2.37. The van der Waals surface area contributed by atoms with Gasteiger partial charge in [0.05, 0.1) is 0 Å². The van der Waals surface area contributed by atoms with E-state index in [1.54, 1.807) is 0 Å². The first-order valence-electron chi connectivity index (χ1n) is 10.8. The third-order valence-electron chi connectivity index (χ3n) is 8.09. The van der Waals surface area contributed by atoms with Crippen molar-refractivity contribution in [2.45, 2.75) is 129 Å². The minimum absolute atomic E-state index is 0.259. The van der Waals surface area contributed by atoms with Crippen LogP contribution in [0.1, 0.15) is 123 Å². The molecule has 2 aliphatic carbocycles. The first-order valence-corrected chi connectivity index (χ1v) is 10.8. The van der Waals surface area contributed by atoms with E-state index in [0.29, 0.717) is 34.5 Å². The molecule has 0 aromatic heterocycles. The molecule has 0 spiro atoms. The quantitative estimate of drug-likeness (QED) is 0.419. The lowest BCUT2D eigenvalue weighted by atomic mass is 9.71. The first kappa shape index (κ1) is 26.9. The molecule has 0 heterocycles. The van der Waals surface area contributed by atoms with Crippen molar-refractivity contribution in [1.82, 2.24) is 0 Å². The highest BCUT2D eigenvalue weighted by Crippen LogP contribution is 2.66. The largest absolute Gasteiger partial charge is 0.251 e. The summed E-state index contributed by atoms with van der Waals surface area (Å²) < 4.78 is 26.1. The molecular formula is C25H50F2. The van der Waals surface area contributed by atoms with Crippen LogP contribution in [0.3, 0.4) is 0 Å². The van der Waals surface area contributed by atoms with Crippen LogP contribution in [0, 0.1) is 32.5 Å². The van der Waals surface area contributed by atoms with Gasteiger partial charge in [-0.1, -0.05) is 90.0 Å². The van der Waals surface area contributed by atoms with Gasteiger partial charge in [0.25, 0.3) is 5.92 Å². The Morgan fingerprint density at radius 1 is 0.519 bits per heavy atom. The van der Waals surface area contributed by atoms with Crippen LogP contribution in [0.4, 0.5) is 8.78 Å². The summed E-state index contributed by atoms with van der Waals surface area (Å²) in [5.41, 5.74) is 1.14. The summed E-state index contributed by atoms with van der Waals surface area (Å²) in [7, 11) is 0. The van der Waals surface area contributed by atoms with Crippen molar-refractivity contribution in [3.63, 3.8) is 0 Å². The number of alkyl halides is 2. The second kappa shape index (κ2) is 7.60. The second-order valence-corrected chi connectivity index (χ2v) is 13.5. The van der Waals surface area contributed by atoms with Crippen molar-refractivity contribution in [2.24, 2.45) is 32.5 Å². The maximum atomic E-state index is 13.1. The van der Waals surface area contributed by atoms with Crippen LogP contribution in [-0.4, -0.2) is 5.92 Å². The number of hydrogen-bond donors (Lipinski definition) is 0. The number of rotatable bonds is 1. The van der Waals surface area contributed by atoms with Crippen LogP contribution in [0.15, 0.2) is 0 Å². The molecule has 164 valence electrons. The topological polar surface area (TPSA) is 0 Å².